The maximum Gasteiger partial charge on any atom is 0.474 e. The van der Waals surface area contributed by atoms with Crippen molar-refractivity contribution >= 4 is 60.9 Å². The number of Topliss-reactive ketones (excluding diaryl/α,β-unsaturated/α-hetero) is 2. The predicted octanol–water partition coefficient (Wildman–Crippen LogP) is 12.1. The molecule has 0 spiro atoms. The molecule has 0 radical (unpaired) electrons. The number of phosphoric ester groups is 1. The lowest BCUT2D eigenvalue weighted by molar-refractivity contribution is -0.161. The van der Waals surface area contributed by atoms with Gasteiger partial charge in [-0.15, -0.1) is 11.8 Å². The van der Waals surface area contributed by atoms with E-state index in [0.717, 1.165) is 95.9 Å². The number of carbonyl (C=O) groups excluding carboxylic acids is 6. The number of thioether (sulfide) groups is 1. The van der Waals surface area contributed by atoms with E-state index < -0.39 is 66.7 Å². The van der Waals surface area contributed by atoms with Crippen LogP contribution in [0.4, 0.5) is 0 Å². The second-order valence-corrected chi connectivity index (χ2v) is 23.1. The standard InChI is InChI=1S/C57H99N2O15PS/c1-5-7-9-11-13-15-17-19-21-23-25-27-29-31-33-35-54(63)71-44-48(74-55(64)36-34-32-30-28-26-24-22-20-18-16-14-12-10-8-6-2)45-73-75(68,69-4)72-42-40-59-53(62)46-70-41-39-58-52(61)38-37-49-50(60)43-51(56(49)65)76-47(3)57(66)67/h19-22,47-49,51H,5-18,23-46H2,1-4H3,(H,58,61)(H,59,62)(H,66,67)/b21-19-,22-20-. The summed E-state index contributed by atoms with van der Waals surface area (Å²) in [5.74, 6) is -4.52. The van der Waals surface area contributed by atoms with Gasteiger partial charge in [0.1, 0.15) is 24.2 Å². The summed E-state index contributed by atoms with van der Waals surface area (Å²) in [6, 6.07) is 0. The van der Waals surface area contributed by atoms with Gasteiger partial charge >= 0.3 is 25.7 Å². The molecule has 19 heteroatoms. The minimum Gasteiger partial charge on any atom is -0.480 e. The number of carboxylic acids is 1. The van der Waals surface area contributed by atoms with Gasteiger partial charge in [-0.1, -0.05) is 141 Å². The Kier molecular flexibility index (Phi) is 44.2. The molecule has 1 fully saturated rings. The number of carboxylic acid groups (broad SMARTS) is 1. The third-order valence-corrected chi connectivity index (χ3v) is 15.7. The lowest BCUT2D eigenvalue weighted by atomic mass is 10.00. The number of ether oxygens (including phenoxy) is 3. The molecule has 0 aliphatic heterocycles. The van der Waals surface area contributed by atoms with Crippen molar-refractivity contribution in [3.63, 3.8) is 0 Å². The number of carbonyl (C=O) groups is 7. The number of amides is 2. The summed E-state index contributed by atoms with van der Waals surface area (Å²) in [4.78, 5) is 86.5. The van der Waals surface area contributed by atoms with Crippen LogP contribution in [0.25, 0.3) is 0 Å². The molecule has 0 heterocycles. The van der Waals surface area contributed by atoms with E-state index in [9.17, 15) is 38.1 Å². The van der Waals surface area contributed by atoms with Gasteiger partial charge in [-0.2, -0.15) is 0 Å². The first-order valence-electron chi connectivity index (χ1n) is 28.9. The number of rotatable bonds is 52. The maximum absolute atomic E-state index is 13.3. The first-order valence-corrected chi connectivity index (χ1v) is 31.3. The van der Waals surface area contributed by atoms with Crippen molar-refractivity contribution in [2.24, 2.45) is 5.92 Å². The van der Waals surface area contributed by atoms with Gasteiger partial charge in [-0.3, -0.25) is 47.1 Å². The number of ketones is 2. The van der Waals surface area contributed by atoms with Crippen LogP contribution in [0, 0.1) is 5.92 Å². The molecule has 0 bridgehead atoms. The smallest absolute Gasteiger partial charge is 0.474 e. The van der Waals surface area contributed by atoms with Crippen LogP contribution in [0.2, 0.25) is 0 Å². The Balaban J connectivity index is 2.47. The van der Waals surface area contributed by atoms with Crippen molar-refractivity contribution in [1.82, 2.24) is 10.6 Å². The van der Waals surface area contributed by atoms with Crippen molar-refractivity contribution in [2.75, 3.05) is 53.2 Å². The van der Waals surface area contributed by atoms with Crippen molar-refractivity contribution in [1.29, 1.82) is 0 Å². The fourth-order valence-electron chi connectivity index (χ4n) is 8.34. The first kappa shape index (κ1) is 70.6. The first-order chi connectivity index (χ1) is 36.7. The van der Waals surface area contributed by atoms with Crippen LogP contribution in [0.1, 0.15) is 220 Å². The molecule has 17 nitrogen and oxygen atoms in total. The predicted molar refractivity (Wildman–Crippen MR) is 299 cm³/mol. The number of hydrogen-bond donors (Lipinski definition) is 3. The zero-order chi connectivity index (χ0) is 55.9. The normalized spacial score (nSPS) is 16.3. The highest BCUT2D eigenvalue weighted by atomic mass is 32.2. The van der Waals surface area contributed by atoms with Crippen molar-refractivity contribution in [3.8, 4) is 0 Å². The van der Waals surface area contributed by atoms with E-state index in [0.29, 0.717) is 12.8 Å². The van der Waals surface area contributed by atoms with Crippen LogP contribution in [0.3, 0.4) is 0 Å². The highest BCUT2D eigenvalue weighted by Gasteiger charge is 2.42. The average molecular weight is 1120 g/mol. The van der Waals surface area contributed by atoms with Gasteiger partial charge in [0.2, 0.25) is 11.8 Å². The fraction of sp³-hybridized carbons (Fsp3) is 0.807. The Bertz CT molecular complexity index is 1710. The number of nitrogens with one attached hydrogen (secondary N) is 2. The molecule has 0 aromatic heterocycles. The highest BCUT2D eigenvalue weighted by Crippen LogP contribution is 2.48. The molecule has 2 amide bonds. The number of hydrogen-bond acceptors (Lipinski definition) is 15. The Hall–Kier alpha value is -3.41. The van der Waals surface area contributed by atoms with Gasteiger partial charge in [0.15, 0.2) is 11.9 Å². The second kappa shape index (κ2) is 47.6. The van der Waals surface area contributed by atoms with Gasteiger partial charge in [-0.25, -0.2) is 4.57 Å². The Morgan fingerprint density at radius 3 is 1.66 bits per heavy atom. The Morgan fingerprint density at radius 1 is 0.645 bits per heavy atom. The van der Waals surface area contributed by atoms with Crippen molar-refractivity contribution in [3.05, 3.63) is 24.3 Å². The van der Waals surface area contributed by atoms with E-state index >= 15 is 0 Å². The van der Waals surface area contributed by atoms with Crippen molar-refractivity contribution < 1.29 is 71.0 Å². The Morgan fingerprint density at radius 2 is 1.13 bits per heavy atom. The zero-order valence-electron chi connectivity index (χ0n) is 47.0. The molecule has 1 aliphatic rings. The second-order valence-electron chi connectivity index (χ2n) is 19.7. The lowest BCUT2D eigenvalue weighted by Gasteiger charge is -2.21. The SMILES string of the molecule is CCCCCCCC/C=C\CCCCCCCC(=O)OCC(COP(=O)(OC)OCCNC(=O)COCCNC(=O)CCC1C(=O)CC(SC(C)C(=O)O)C1=O)OC(=O)CCCCCCC/C=C\CCCCCCCC. The number of allylic oxidation sites excluding steroid dienone is 4. The van der Waals surface area contributed by atoms with Crippen LogP contribution >= 0.6 is 19.6 Å². The molecular weight excluding hydrogens is 1020 g/mol. The van der Waals surface area contributed by atoms with Crippen LogP contribution in [-0.2, 0) is 65.9 Å². The zero-order valence-corrected chi connectivity index (χ0v) is 48.7. The van der Waals surface area contributed by atoms with Crippen molar-refractivity contribution in [2.45, 2.75) is 236 Å². The summed E-state index contributed by atoms with van der Waals surface area (Å²) in [6.07, 6.45) is 37.9. The van der Waals surface area contributed by atoms with Gasteiger partial charge in [-0.05, 0) is 77.6 Å². The van der Waals surface area contributed by atoms with Gasteiger partial charge in [0.25, 0.3) is 0 Å². The quantitative estimate of drug-likeness (QED) is 0.0169. The number of phosphoric acid groups is 1. The highest BCUT2D eigenvalue weighted by molar-refractivity contribution is 8.01. The van der Waals surface area contributed by atoms with E-state index in [2.05, 4.69) is 48.8 Å². The summed E-state index contributed by atoms with van der Waals surface area (Å²) in [5.41, 5.74) is 0. The summed E-state index contributed by atoms with van der Waals surface area (Å²) in [7, 11) is -3.07. The average Bonchev–Trinajstić information content (AvgIpc) is 3.66. The van der Waals surface area contributed by atoms with Gasteiger partial charge < -0.3 is 30.0 Å². The molecule has 438 valence electrons. The van der Waals surface area contributed by atoms with E-state index in [1.54, 1.807) is 0 Å². The minimum absolute atomic E-state index is 0.00826. The third kappa shape index (κ3) is 39.0. The molecule has 0 aromatic rings. The topological polar surface area (TPSA) is 236 Å². The molecule has 5 atom stereocenters. The lowest BCUT2D eigenvalue weighted by Crippen LogP contribution is -2.33. The number of esters is 2. The fourth-order valence-corrected chi connectivity index (χ4v) is 10.5. The molecule has 1 rings (SSSR count). The molecule has 5 unspecified atom stereocenters. The molecule has 3 N–H and O–H groups in total. The summed E-state index contributed by atoms with van der Waals surface area (Å²) < 4.78 is 45.7. The molecule has 1 saturated carbocycles. The number of aliphatic carboxylic acids is 1. The van der Waals surface area contributed by atoms with E-state index in [1.165, 1.54) is 84.0 Å². The van der Waals surface area contributed by atoms with Gasteiger partial charge in [0.05, 0.1) is 31.0 Å². The largest absolute Gasteiger partial charge is 0.480 e. The van der Waals surface area contributed by atoms with E-state index in [-0.39, 0.29) is 83.2 Å². The monoisotopic (exact) mass is 1110 g/mol. The maximum atomic E-state index is 13.3. The molecule has 0 aromatic carbocycles. The van der Waals surface area contributed by atoms with Crippen LogP contribution in [0.5, 0.6) is 0 Å². The van der Waals surface area contributed by atoms with E-state index in [4.69, 9.17) is 32.9 Å². The minimum atomic E-state index is -4.20. The molecule has 1 aliphatic carbocycles. The molecular formula is C57H99N2O15PS. The molecule has 0 saturated heterocycles. The van der Waals surface area contributed by atoms with Crippen LogP contribution < -0.4 is 10.6 Å². The summed E-state index contributed by atoms with van der Waals surface area (Å²) >= 11 is 0.934. The summed E-state index contributed by atoms with van der Waals surface area (Å²) in [6.45, 7) is 4.52. The van der Waals surface area contributed by atoms with E-state index in [1.807, 2.05) is 0 Å². The van der Waals surface area contributed by atoms with Gasteiger partial charge in [0, 0.05) is 45.9 Å². The third-order valence-electron chi connectivity index (χ3n) is 12.9. The van der Waals surface area contributed by atoms with Crippen LogP contribution in [0.15, 0.2) is 24.3 Å². The number of unbranched alkanes of at least 4 members (excludes halogenated alkanes) is 22. The Labute approximate surface area is 460 Å². The van der Waals surface area contributed by atoms with Crippen LogP contribution in [-0.4, -0.2) is 116 Å². The summed E-state index contributed by atoms with van der Waals surface area (Å²) in [5, 5.41) is 12.7. The molecule has 76 heavy (non-hydrogen) atoms.